The second-order valence-corrected chi connectivity index (χ2v) is 4.96. The monoisotopic (exact) mass is 227 g/mol. The third kappa shape index (κ3) is 2.12. The first-order chi connectivity index (χ1) is 8.38. The summed E-state index contributed by atoms with van der Waals surface area (Å²) in [5.74, 6) is 1.09. The zero-order valence-corrected chi connectivity index (χ0v) is 10.0. The minimum atomic E-state index is 0.593. The van der Waals surface area contributed by atoms with E-state index in [1.165, 1.54) is 36.9 Å². The molecule has 3 heteroatoms. The molecule has 1 fully saturated rings. The predicted octanol–water partition coefficient (Wildman–Crippen LogP) is 2.45. The van der Waals surface area contributed by atoms with Crippen molar-refractivity contribution in [2.75, 3.05) is 11.4 Å². The van der Waals surface area contributed by atoms with Crippen LogP contribution in [0.4, 0.5) is 5.82 Å². The first-order valence-electron chi connectivity index (χ1n) is 6.51. The Labute approximate surface area is 102 Å². The van der Waals surface area contributed by atoms with Crippen LogP contribution < -0.4 is 4.90 Å². The van der Waals surface area contributed by atoms with Gasteiger partial charge in [0.05, 0.1) is 12.5 Å². The molecule has 0 unspecified atom stereocenters. The van der Waals surface area contributed by atoms with E-state index in [0.29, 0.717) is 12.5 Å². The first kappa shape index (κ1) is 10.6. The highest BCUT2D eigenvalue weighted by Gasteiger charge is 2.30. The van der Waals surface area contributed by atoms with Gasteiger partial charge in [0.2, 0.25) is 0 Å². The molecule has 0 spiro atoms. The number of nitriles is 1. The Morgan fingerprint density at radius 3 is 3.00 bits per heavy atom. The Morgan fingerprint density at radius 2 is 2.24 bits per heavy atom. The summed E-state index contributed by atoms with van der Waals surface area (Å²) in [5, 5.41) is 8.72. The van der Waals surface area contributed by atoms with E-state index in [9.17, 15) is 0 Å². The summed E-state index contributed by atoms with van der Waals surface area (Å²) in [6, 6.07) is 7.24. The number of rotatable bonds is 4. The summed E-state index contributed by atoms with van der Waals surface area (Å²) in [7, 11) is 0. The van der Waals surface area contributed by atoms with Gasteiger partial charge in [-0.3, -0.25) is 0 Å². The van der Waals surface area contributed by atoms with Gasteiger partial charge in [-0.05, 0) is 43.7 Å². The van der Waals surface area contributed by atoms with Crippen molar-refractivity contribution in [3.63, 3.8) is 0 Å². The Morgan fingerprint density at radius 1 is 1.35 bits per heavy atom. The summed E-state index contributed by atoms with van der Waals surface area (Å²) >= 11 is 0. The summed E-state index contributed by atoms with van der Waals surface area (Å²) in [6.07, 6.45) is 6.65. The maximum Gasteiger partial charge on any atom is 0.129 e. The average molecular weight is 227 g/mol. The molecule has 0 bridgehead atoms. The van der Waals surface area contributed by atoms with Gasteiger partial charge in [-0.2, -0.15) is 5.26 Å². The van der Waals surface area contributed by atoms with Gasteiger partial charge in [0.15, 0.2) is 0 Å². The molecule has 1 aromatic heterocycles. The highest BCUT2D eigenvalue weighted by molar-refractivity contribution is 5.45. The largest absolute Gasteiger partial charge is 0.353 e. The molecule has 1 aromatic rings. The van der Waals surface area contributed by atoms with Gasteiger partial charge in [0.1, 0.15) is 5.82 Å². The van der Waals surface area contributed by atoms with Crippen LogP contribution in [-0.2, 0) is 12.8 Å². The number of aromatic nitrogens is 1. The van der Waals surface area contributed by atoms with Gasteiger partial charge in [-0.15, -0.1) is 0 Å². The van der Waals surface area contributed by atoms with Gasteiger partial charge in [0, 0.05) is 18.3 Å². The van der Waals surface area contributed by atoms with Crippen LogP contribution in [0.1, 0.15) is 36.9 Å². The lowest BCUT2D eigenvalue weighted by Gasteiger charge is -2.22. The quantitative estimate of drug-likeness (QED) is 0.793. The Hall–Kier alpha value is -1.56. The summed E-state index contributed by atoms with van der Waals surface area (Å²) < 4.78 is 0. The van der Waals surface area contributed by atoms with Crippen molar-refractivity contribution in [1.29, 1.82) is 5.26 Å². The number of anilines is 1. The van der Waals surface area contributed by atoms with Gasteiger partial charge in [0.25, 0.3) is 0 Å². The van der Waals surface area contributed by atoms with Gasteiger partial charge >= 0.3 is 0 Å². The zero-order chi connectivity index (χ0) is 11.7. The smallest absolute Gasteiger partial charge is 0.129 e. The Bertz CT molecular complexity index is 457. The zero-order valence-electron chi connectivity index (χ0n) is 10.0. The van der Waals surface area contributed by atoms with Crippen molar-refractivity contribution < 1.29 is 0 Å². The van der Waals surface area contributed by atoms with Crippen molar-refractivity contribution in [2.45, 2.75) is 44.6 Å². The van der Waals surface area contributed by atoms with Crippen LogP contribution in [0.3, 0.4) is 0 Å². The molecule has 0 amide bonds. The van der Waals surface area contributed by atoms with Crippen LogP contribution in [0.2, 0.25) is 0 Å². The lowest BCUT2D eigenvalue weighted by molar-refractivity contribution is 0.773. The van der Waals surface area contributed by atoms with E-state index < -0.39 is 0 Å². The van der Waals surface area contributed by atoms with Crippen LogP contribution in [0.5, 0.6) is 0 Å². The fourth-order valence-corrected chi connectivity index (χ4v) is 2.61. The van der Waals surface area contributed by atoms with Crippen molar-refractivity contribution in [2.24, 2.45) is 0 Å². The van der Waals surface area contributed by atoms with E-state index in [1.54, 1.807) is 0 Å². The third-order valence-electron chi connectivity index (χ3n) is 3.66. The minimum Gasteiger partial charge on any atom is -0.353 e. The van der Waals surface area contributed by atoms with Gasteiger partial charge in [-0.1, -0.05) is 6.07 Å². The SMILES string of the molecule is N#CCCN(c1ccc2c(n1)CCC2)C1CC1. The second kappa shape index (κ2) is 4.37. The lowest BCUT2D eigenvalue weighted by atomic mass is 10.2. The standard InChI is InChI=1S/C14H17N3/c15-9-2-10-17(12-6-7-12)14-8-5-11-3-1-4-13(11)16-14/h5,8,12H,1-4,6-7,10H2. The van der Waals surface area contributed by atoms with Crippen LogP contribution in [-0.4, -0.2) is 17.6 Å². The Kier molecular flexibility index (Phi) is 2.72. The fourth-order valence-electron chi connectivity index (χ4n) is 2.61. The van der Waals surface area contributed by atoms with E-state index in [4.69, 9.17) is 10.2 Å². The average Bonchev–Trinajstić information content (AvgIpc) is 3.07. The molecule has 0 saturated heterocycles. The second-order valence-electron chi connectivity index (χ2n) is 4.96. The molecular formula is C14H17N3. The summed E-state index contributed by atoms with van der Waals surface area (Å²) in [4.78, 5) is 7.11. The van der Waals surface area contributed by atoms with Crippen LogP contribution in [0.15, 0.2) is 12.1 Å². The maximum atomic E-state index is 8.72. The minimum absolute atomic E-state index is 0.593. The molecule has 88 valence electrons. The summed E-state index contributed by atoms with van der Waals surface area (Å²) in [5.41, 5.74) is 2.70. The lowest BCUT2D eigenvalue weighted by Crippen LogP contribution is -2.27. The van der Waals surface area contributed by atoms with E-state index in [2.05, 4.69) is 23.1 Å². The van der Waals surface area contributed by atoms with Gasteiger partial charge < -0.3 is 4.90 Å². The van der Waals surface area contributed by atoms with Gasteiger partial charge in [-0.25, -0.2) is 4.98 Å². The van der Waals surface area contributed by atoms with Crippen molar-refractivity contribution >= 4 is 5.82 Å². The number of hydrogen-bond acceptors (Lipinski definition) is 3. The number of aryl methyl sites for hydroxylation is 2. The van der Waals surface area contributed by atoms with Crippen molar-refractivity contribution in [3.05, 3.63) is 23.4 Å². The van der Waals surface area contributed by atoms with Crippen LogP contribution in [0, 0.1) is 11.3 Å². The molecule has 0 atom stereocenters. The predicted molar refractivity (Wildman–Crippen MR) is 66.9 cm³/mol. The number of fused-ring (bicyclic) bond motifs is 1. The molecule has 3 nitrogen and oxygen atoms in total. The number of nitrogens with zero attached hydrogens (tertiary/aromatic N) is 3. The third-order valence-corrected chi connectivity index (χ3v) is 3.66. The highest BCUT2D eigenvalue weighted by atomic mass is 15.2. The molecule has 17 heavy (non-hydrogen) atoms. The number of hydrogen-bond donors (Lipinski definition) is 0. The van der Waals surface area contributed by atoms with Crippen molar-refractivity contribution in [3.8, 4) is 6.07 Å². The van der Waals surface area contributed by atoms with Crippen LogP contribution in [0.25, 0.3) is 0 Å². The molecule has 3 rings (SSSR count). The highest BCUT2D eigenvalue weighted by Crippen LogP contribution is 2.32. The number of pyridine rings is 1. The maximum absolute atomic E-state index is 8.72. The molecule has 2 aliphatic rings. The molecule has 0 N–H and O–H groups in total. The fraction of sp³-hybridized carbons (Fsp3) is 0.571. The molecule has 0 aromatic carbocycles. The molecule has 1 saturated carbocycles. The topological polar surface area (TPSA) is 39.9 Å². The molecular weight excluding hydrogens is 210 g/mol. The molecule has 1 heterocycles. The van der Waals surface area contributed by atoms with E-state index in [-0.39, 0.29) is 0 Å². The summed E-state index contributed by atoms with van der Waals surface area (Å²) in [6.45, 7) is 0.826. The molecule has 0 radical (unpaired) electrons. The molecule has 0 aliphatic heterocycles. The van der Waals surface area contributed by atoms with Crippen molar-refractivity contribution in [1.82, 2.24) is 4.98 Å². The normalized spacial score (nSPS) is 17.6. The van der Waals surface area contributed by atoms with E-state index in [0.717, 1.165) is 18.8 Å². The molecule has 2 aliphatic carbocycles. The first-order valence-corrected chi connectivity index (χ1v) is 6.51. The van der Waals surface area contributed by atoms with Crippen LogP contribution >= 0.6 is 0 Å². The van der Waals surface area contributed by atoms with E-state index in [1.807, 2.05) is 0 Å². The Balaban J connectivity index is 1.83. The van der Waals surface area contributed by atoms with E-state index >= 15 is 0 Å².